The molecule has 17 heteroatoms. The molecular formula is C28H33F5N6O5S. The number of nitrogens with zero attached hydrogens (tertiary/aromatic N) is 4. The number of amides is 2. The van der Waals surface area contributed by atoms with Gasteiger partial charge in [0.2, 0.25) is 5.88 Å². The summed E-state index contributed by atoms with van der Waals surface area (Å²) in [6.07, 6.45) is -2.75. The standard InChI is InChI=1S/C28H33F5N6O5S/c1-25(2,3)44-24(41)38-23-26(4,5)45(42)19(9-10-36-45)27(6,39-23)16-11-15(7-8-17(16)29)37-21(40)18-12-35-20(13-34-18)43-14-28(32,33)22(30)31/h7-8,11-13,19,22H,9-10,14H2,1-6H3,(H,37,40)(H,38,39,41)/t19-,27+,45+/m0/s1. The highest BCUT2D eigenvalue weighted by molar-refractivity contribution is 7.96. The summed E-state index contributed by atoms with van der Waals surface area (Å²) in [5.74, 6) is -6.45. The van der Waals surface area contributed by atoms with Crippen molar-refractivity contribution in [1.82, 2.24) is 15.3 Å². The van der Waals surface area contributed by atoms with Crippen molar-refractivity contribution in [2.24, 2.45) is 9.36 Å². The van der Waals surface area contributed by atoms with Crippen LogP contribution in [-0.2, 0) is 20.0 Å². The number of rotatable bonds is 7. The van der Waals surface area contributed by atoms with Crippen molar-refractivity contribution in [3.63, 3.8) is 0 Å². The van der Waals surface area contributed by atoms with Gasteiger partial charge in [-0.3, -0.25) is 15.1 Å². The number of amidine groups is 1. The van der Waals surface area contributed by atoms with Gasteiger partial charge in [0.1, 0.15) is 33.2 Å². The number of halogens is 5. The molecule has 3 heterocycles. The second kappa shape index (κ2) is 11.8. The minimum absolute atomic E-state index is 0.00360. The summed E-state index contributed by atoms with van der Waals surface area (Å²) in [7, 11) is -3.14. The smallest absolute Gasteiger partial charge is 0.413 e. The molecule has 2 aliphatic heterocycles. The van der Waals surface area contributed by atoms with Crippen molar-refractivity contribution in [2.75, 3.05) is 18.5 Å². The molecule has 0 bridgehead atoms. The minimum Gasteiger partial charge on any atom is -0.470 e. The fraction of sp³-hybridized carbons (Fsp3) is 0.536. The van der Waals surface area contributed by atoms with Gasteiger partial charge in [0, 0.05) is 17.8 Å². The van der Waals surface area contributed by atoms with Crippen LogP contribution in [0.25, 0.3) is 0 Å². The van der Waals surface area contributed by atoms with Gasteiger partial charge in [-0.25, -0.2) is 36.5 Å². The molecule has 4 rings (SSSR count). The summed E-state index contributed by atoms with van der Waals surface area (Å²) in [4.78, 5) is 37.8. The van der Waals surface area contributed by atoms with Crippen LogP contribution in [0.15, 0.2) is 39.9 Å². The Kier molecular flexibility index (Phi) is 8.91. The topological polar surface area (TPSA) is 144 Å². The zero-order chi connectivity index (χ0) is 33.6. The Morgan fingerprint density at radius 2 is 1.80 bits per heavy atom. The largest absolute Gasteiger partial charge is 0.470 e. The second-order valence-corrected chi connectivity index (χ2v) is 15.2. The van der Waals surface area contributed by atoms with E-state index in [0.29, 0.717) is 6.42 Å². The fourth-order valence-corrected chi connectivity index (χ4v) is 8.17. The van der Waals surface area contributed by atoms with Crippen LogP contribution in [-0.4, -0.2) is 73.1 Å². The SMILES string of the molecule is CC(C)(C)OC(=O)NC1=N[C@](C)(c2cc(NC(=O)c3cnc(OCC(F)(F)C(F)F)cn3)ccc2F)[C@@H]2CCN=[S@]2(=O)C1(C)C. The van der Waals surface area contributed by atoms with Gasteiger partial charge in [0.15, 0.2) is 6.61 Å². The molecule has 2 aromatic rings. The molecule has 1 aromatic carbocycles. The number of alkyl carbamates (subject to hydrolysis) is 1. The van der Waals surface area contributed by atoms with Crippen molar-refractivity contribution < 1.29 is 45.2 Å². The van der Waals surface area contributed by atoms with Crippen molar-refractivity contribution in [2.45, 2.75) is 81.4 Å². The molecule has 0 aliphatic carbocycles. The molecule has 3 atom stereocenters. The van der Waals surface area contributed by atoms with Crippen LogP contribution in [0.3, 0.4) is 0 Å². The zero-order valence-electron chi connectivity index (χ0n) is 25.3. The molecule has 0 fully saturated rings. The second-order valence-electron chi connectivity index (χ2n) is 12.2. The lowest BCUT2D eigenvalue weighted by Gasteiger charge is -2.45. The molecule has 2 N–H and O–H groups in total. The fourth-order valence-electron chi connectivity index (χ4n) is 4.98. The predicted octanol–water partition coefficient (Wildman–Crippen LogP) is 5.32. The van der Waals surface area contributed by atoms with Crippen molar-refractivity contribution >= 4 is 33.3 Å². The zero-order valence-corrected chi connectivity index (χ0v) is 26.1. The molecule has 0 saturated heterocycles. The Morgan fingerprint density at radius 1 is 1.11 bits per heavy atom. The Balaban J connectivity index is 1.63. The van der Waals surface area contributed by atoms with Crippen LogP contribution in [0.5, 0.6) is 5.88 Å². The maximum Gasteiger partial charge on any atom is 0.413 e. The average Bonchev–Trinajstić information content (AvgIpc) is 3.35. The Hall–Kier alpha value is -3.89. The maximum atomic E-state index is 15.5. The van der Waals surface area contributed by atoms with E-state index < -0.39 is 73.5 Å². The van der Waals surface area contributed by atoms with E-state index >= 15 is 4.39 Å². The molecule has 0 unspecified atom stereocenters. The van der Waals surface area contributed by atoms with E-state index in [1.807, 2.05) is 0 Å². The van der Waals surface area contributed by atoms with Gasteiger partial charge in [-0.2, -0.15) is 8.78 Å². The van der Waals surface area contributed by atoms with E-state index in [-0.39, 0.29) is 29.3 Å². The van der Waals surface area contributed by atoms with Gasteiger partial charge in [-0.05, 0) is 66.2 Å². The molecule has 2 aliphatic rings. The van der Waals surface area contributed by atoms with E-state index in [9.17, 15) is 31.4 Å². The van der Waals surface area contributed by atoms with E-state index in [4.69, 9.17) is 9.73 Å². The van der Waals surface area contributed by atoms with Crippen molar-refractivity contribution in [3.05, 3.63) is 47.7 Å². The highest BCUT2D eigenvalue weighted by atomic mass is 32.2. The van der Waals surface area contributed by atoms with E-state index in [0.717, 1.165) is 18.5 Å². The van der Waals surface area contributed by atoms with Crippen LogP contribution in [0, 0.1) is 5.82 Å². The van der Waals surface area contributed by atoms with E-state index in [2.05, 4.69) is 29.7 Å². The number of ether oxygens (including phenoxy) is 2. The number of benzene rings is 1. The number of hydrogen-bond acceptors (Lipinski definition) is 9. The highest BCUT2D eigenvalue weighted by Gasteiger charge is 2.58. The van der Waals surface area contributed by atoms with Gasteiger partial charge in [-0.1, -0.05) is 0 Å². The first-order chi connectivity index (χ1) is 20.7. The first kappa shape index (κ1) is 34.0. The Labute approximate surface area is 256 Å². The summed E-state index contributed by atoms with van der Waals surface area (Å²) in [6.45, 7) is 8.47. The maximum absolute atomic E-state index is 15.5. The molecule has 1 aromatic heterocycles. The van der Waals surface area contributed by atoms with Gasteiger partial charge >= 0.3 is 18.4 Å². The molecule has 0 saturated carbocycles. The van der Waals surface area contributed by atoms with Crippen LogP contribution in [0.2, 0.25) is 0 Å². The Bertz CT molecular complexity index is 1640. The third-order valence-electron chi connectivity index (χ3n) is 7.31. The summed E-state index contributed by atoms with van der Waals surface area (Å²) in [5.41, 5.74) is -2.56. The van der Waals surface area contributed by atoms with Crippen LogP contribution in [0.4, 0.5) is 32.4 Å². The van der Waals surface area contributed by atoms with Gasteiger partial charge in [-0.15, -0.1) is 0 Å². The number of carbonyl (C=O) groups is 2. The predicted molar refractivity (Wildman–Crippen MR) is 155 cm³/mol. The van der Waals surface area contributed by atoms with Crippen molar-refractivity contribution in [1.29, 1.82) is 0 Å². The van der Waals surface area contributed by atoms with Crippen LogP contribution in [0.1, 0.15) is 64.0 Å². The van der Waals surface area contributed by atoms with E-state index in [1.165, 1.54) is 12.1 Å². The highest BCUT2D eigenvalue weighted by Crippen LogP contribution is 2.48. The first-order valence-electron chi connectivity index (χ1n) is 13.7. The summed E-state index contributed by atoms with van der Waals surface area (Å²) in [5, 5.41) is 4.37. The number of aromatic nitrogens is 2. The number of nitrogens with one attached hydrogen (secondary N) is 2. The molecule has 0 spiro atoms. The number of anilines is 1. The van der Waals surface area contributed by atoms with Gasteiger partial charge in [0.05, 0.1) is 27.4 Å². The number of carbonyl (C=O) groups excluding carboxylic acids is 2. The molecule has 0 radical (unpaired) electrons. The molecule has 246 valence electrons. The summed E-state index contributed by atoms with van der Waals surface area (Å²) in [6, 6.07) is 3.67. The third kappa shape index (κ3) is 6.72. The number of aliphatic imine (C=N–C) groups is 1. The van der Waals surface area contributed by atoms with Crippen LogP contribution < -0.4 is 15.4 Å². The normalized spacial score (nSPS) is 24.3. The lowest BCUT2D eigenvalue weighted by molar-refractivity contribution is -0.148. The van der Waals surface area contributed by atoms with Gasteiger partial charge < -0.3 is 14.8 Å². The lowest BCUT2D eigenvalue weighted by Crippen LogP contribution is -2.60. The quantitative estimate of drug-likeness (QED) is 0.383. The van der Waals surface area contributed by atoms with Gasteiger partial charge in [0.25, 0.3) is 5.91 Å². The molecule has 45 heavy (non-hydrogen) atoms. The summed E-state index contributed by atoms with van der Waals surface area (Å²) < 4.78 is 94.0. The van der Waals surface area contributed by atoms with Crippen molar-refractivity contribution in [3.8, 4) is 5.88 Å². The average molecular weight is 661 g/mol. The van der Waals surface area contributed by atoms with Crippen LogP contribution >= 0.6 is 0 Å². The number of alkyl halides is 4. The molecule has 2 amide bonds. The molecular weight excluding hydrogens is 627 g/mol. The lowest BCUT2D eigenvalue weighted by atomic mass is 9.85. The number of hydrogen-bond donors (Lipinski definition) is 2. The van der Waals surface area contributed by atoms with E-state index in [1.54, 1.807) is 41.5 Å². The monoisotopic (exact) mass is 660 g/mol. The minimum atomic E-state index is -4.40. The summed E-state index contributed by atoms with van der Waals surface area (Å²) >= 11 is 0. The first-order valence-corrected chi connectivity index (χ1v) is 15.3. The number of fused-ring (bicyclic) bond motifs is 1. The molecule has 11 nitrogen and oxygen atoms in total. The Morgan fingerprint density at radius 3 is 2.40 bits per heavy atom. The third-order valence-corrected chi connectivity index (χ3v) is 11.0.